The number of benzene rings is 4. The highest BCUT2D eigenvalue weighted by Crippen LogP contribution is 2.31. The second kappa shape index (κ2) is 9.40. The summed E-state index contributed by atoms with van der Waals surface area (Å²) in [5.74, 6) is -0.473. The standard InChI is InChI=1S/C27H19N5O3/c33-27(29-28-18-19-13-15-22(16-14-19)32(34)35)25-17-26(31(30-25)21-9-2-1-3-10-21)24-12-6-8-20-7-4-5-11-23(20)24/h1-18H,(H,29,33)/b28-18-. The number of hydrogen-bond acceptors (Lipinski definition) is 5. The average molecular weight is 461 g/mol. The van der Waals surface area contributed by atoms with E-state index in [0.717, 1.165) is 27.7 Å². The normalized spacial score (nSPS) is 11.1. The Balaban J connectivity index is 1.47. The van der Waals surface area contributed by atoms with Gasteiger partial charge < -0.3 is 0 Å². The van der Waals surface area contributed by atoms with Crippen LogP contribution in [0.25, 0.3) is 27.7 Å². The Labute approximate surface area is 200 Å². The minimum atomic E-state index is -0.473. The van der Waals surface area contributed by atoms with E-state index in [2.05, 4.69) is 15.6 Å². The van der Waals surface area contributed by atoms with Gasteiger partial charge in [-0.25, -0.2) is 10.1 Å². The number of para-hydroxylation sites is 1. The summed E-state index contributed by atoms with van der Waals surface area (Å²) in [5, 5.41) is 21.5. The number of amides is 1. The van der Waals surface area contributed by atoms with Crippen LogP contribution in [0, 0.1) is 10.1 Å². The van der Waals surface area contributed by atoms with Gasteiger partial charge in [0, 0.05) is 17.7 Å². The molecule has 0 fully saturated rings. The third-order valence-corrected chi connectivity index (χ3v) is 5.49. The second-order valence-corrected chi connectivity index (χ2v) is 7.74. The molecule has 5 rings (SSSR count). The number of hydrazone groups is 1. The molecule has 0 bridgehead atoms. The van der Waals surface area contributed by atoms with Crippen LogP contribution in [-0.4, -0.2) is 26.8 Å². The molecule has 0 radical (unpaired) electrons. The third-order valence-electron chi connectivity index (χ3n) is 5.49. The van der Waals surface area contributed by atoms with Crippen LogP contribution < -0.4 is 5.43 Å². The van der Waals surface area contributed by atoms with Crippen molar-refractivity contribution in [3.8, 4) is 16.9 Å². The number of carbonyl (C=O) groups excluding carboxylic acids is 1. The van der Waals surface area contributed by atoms with E-state index in [1.165, 1.54) is 18.3 Å². The number of nitrogens with zero attached hydrogens (tertiary/aromatic N) is 4. The van der Waals surface area contributed by atoms with Gasteiger partial charge in [0.2, 0.25) is 0 Å². The summed E-state index contributed by atoms with van der Waals surface area (Å²) in [6.07, 6.45) is 1.42. The fourth-order valence-corrected chi connectivity index (χ4v) is 3.80. The molecule has 0 aliphatic carbocycles. The topological polar surface area (TPSA) is 102 Å². The van der Waals surface area contributed by atoms with E-state index in [1.807, 2.05) is 72.8 Å². The van der Waals surface area contributed by atoms with Crippen LogP contribution >= 0.6 is 0 Å². The number of aromatic nitrogens is 2. The van der Waals surface area contributed by atoms with Crippen molar-refractivity contribution in [2.75, 3.05) is 0 Å². The highest BCUT2D eigenvalue weighted by atomic mass is 16.6. The van der Waals surface area contributed by atoms with Crippen molar-refractivity contribution >= 4 is 28.6 Å². The number of nitro groups is 1. The number of non-ortho nitro benzene ring substituents is 1. The molecular weight excluding hydrogens is 442 g/mol. The van der Waals surface area contributed by atoms with E-state index >= 15 is 0 Å². The summed E-state index contributed by atoms with van der Waals surface area (Å²) in [6, 6.07) is 31.3. The molecule has 1 aromatic heterocycles. The first-order valence-electron chi connectivity index (χ1n) is 10.8. The van der Waals surface area contributed by atoms with Crippen molar-refractivity contribution in [3.05, 3.63) is 124 Å². The minimum absolute atomic E-state index is 0.0152. The van der Waals surface area contributed by atoms with E-state index in [-0.39, 0.29) is 11.4 Å². The summed E-state index contributed by atoms with van der Waals surface area (Å²) in [6.45, 7) is 0. The highest BCUT2D eigenvalue weighted by molar-refractivity contribution is 5.99. The zero-order chi connectivity index (χ0) is 24.2. The van der Waals surface area contributed by atoms with Crippen molar-refractivity contribution in [2.45, 2.75) is 0 Å². The summed E-state index contributed by atoms with van der Waals surface area (Å²) < 4.78 is 1.75. The molecule has 35 heavy (non-hydrogen) atoms. The van der Waals surface area contributed by atoms with E-state index < -0.39 is 10.8 Å². The number of carbonyl (C=O) groups is 1. The molecule has 8 heteroatoms. The molecule has 8 nitrogen and oxygen atoms in total. The number of nitrogens with one attached hydrogen (secondary N) is 1. The molecule has 0 unspecified atom stereocenters. The van der Waals surface area contributed by atoms with E-state index in [0.29, 0.717) is 5.56 Å². The summed E-state index contributed by atoms with van der Waals surface area (Å²) in [5.41, 5.74) is 5.84. The van der Waals surface area contributed by atoms with Gasteiger partial charge >= 0.3 is 0 Å². The maximum absolute atomic E-state index is 12.9. The Morgan fingerprint density at radius 2 is 1.63 bits per heavy atom. The molecule has 170 valence electrons. The molecule has 0 saturated heterocycles. The van der Waals surface area contributed by atoms with Gasteiger partial charge in [0.05, 0.1) is 22.5 Å². The molecule has 5 aromatic rings. The van der Waals surface area contributed by atoms with Crippen LogP contribution in [0.2, 0.25) is 0 Å². The number of rotatable bonds is 6. The Bertz CT molecular complexity index is 1550. The van der Waals surface area contributed by atoms with Crippen molar-refractivity contribution in [1.82, 2.24) is 15.2 Å². The van der Waals surface area contributed by atoms with E-state index in [1.54, 1.807) is 22.9 Å². The first-order valence-corrected chi connectivity index (χ1v) is 10.8. The van der Waals surface area contributed by atoms with Crippen molar-refractivity contribution in [2.24, 2.45) is 5.10 Å². The fraction of sp³-hybridized carbons (Fsp3) is 0. The lowest BCUT2D eigenvalue weighted by Gasteiger charge is -2.10. The monoisotopic (exact) mass is 461 g/mol. The largest absolute Gasteiger partial charge is 0.291 e. The van der Waals surface area contributed by atoms with Crippen LogP contribution in [0.3, 0.4) is 0 Å². The van der Waals surface area contributed by atoms with E-state index in [9.17, 15) is 14.9 Å². The maximum Gasteiger partial charge on any atom is 0.291 e. The van der Waals surface area contributed by atoms with Crippen molar-refractivity contribution in [1.29, 1.82) is 0 Å². The quantitative estimate of drug-likeness (QED) is 0.209. The van der Waals surface area contributed by atoms with Crippen LogP contribution in [0.15, 0.2) is 108 Å². The van der Waals surface area contributed by atoms with Gasteiger partial charge in [-0.3, -0.25) is 14.9 Å². The number of hydrogen-bond donors (Lipinski definition) is 1. The van der Waals surface area contributed by atoms with E-state index in [4.69, 9.17) is 0 Å². The van der Waals surface area contributed by atoms with Gasteiger partial charge in [0.1, 0.15) is 0 Å². The fourth-order valence-electron chi connectivity index (χ4n) is 3.80. The van der Waals surface area contributed by atoms with Gasteiger partial charge in [-0.15, -0.1) is 0 Å². The molecule has 0 aliphatic heterocycles. The molecule has 0 atom stereocenters. The van der Waals surface area contributed by atoms with Crippen molar-refractivity contribution < 1.29 is 9.72 Å². The number of fused-ring (bicyclic) bond motifs is 1. The smallest absolute Gasteiger partial charge is 0.265 e. The molecule has 0 saturated carbocycles. The van der Waals surface area contributed by atoms with Gasteiger partial charge in [-0.2, -0.15) is 10.2 Å². The molecule has 1 amide bonds. The first kappa shape index (κ1) is 21.7. The van der Waals surface area contributed by atoms with Gasteiger partial charge in [0.25, 0.3) is 11.6 Å². The molecule has 4 aromatic carbocycles. The molecule has 1 heterocycles. The Hall–Kier alpha value is -5.11. The summed E-state index contributed by atoms with van der Waals surface area (Å²) in [7, 11) is 0. The summed E-state index contributed by atoms with van der Waals surface area (Å²) >= 11 is 0. The van der Waals surface area contributed by atoms with Crippen LogP contribution in [-0.2, 0) is 0 Å². The molecule has 1 N–H and O–H groups in total. The minimum Gasteiger partial charge on any atom is -0.265 e. The third kappa shape index (κ3) is 4.53. The number of nitro benzene ring substituents is 1. The van der Waals surface area contributed by atoms with Crippen LogP contribution in [0.1, 0.15) is 16.1 Å². The van der Waals surface area contributed by atoms with Crippen molar-refractivity contribution in [3.63, 3.8) is 0 Å². The first-order chi connectivity index (χ1) is 17.1. The molecule has 0 spiro atoms. The maximum atomic E-state index is 12.9. The Morgan fingerprint density at radius 1 is 0.914 bits per heavy atom. The molecular formula is C27H19N5O3. The summed E-state index contributed by atoms with van der Waals surface area (Å²) in [4.78, 5) is 23.2. The second-order valence-electron chi connectivity index (χ2n) is 7.74. The average Bonchev–Trinajstić information content (AvgIpc) is 3.34. The highest BCUT2D eigenvalue weighted by Gasteiger charge is 2.18. The molecule has 0 aliphatic rings. The Kier molecular flexibility index (Phi) is 5.83. The van der Waals surface area contributed by atoms with Gasteiger partial charge in [-0.05, 0) is 46.7 Å². The lowest BCUT2D eigenvalue weighted by Crippen LogP contribution is -2.18. The van der Waals surface area contributed by atoms with Crippen LogP contribution in [0.5, 0.6) is 0 Å². The van der Waals surface area contributed by atoms with Crippen LogP contribution in [0.4, 0.5) is 5.69 Å². The predicted octanol–water partition coefficient (Wildman–Crippen LogP) is 5.36. The van der Waals surface area contributed by atoms with Gasteiger partial charge in [-0.1, -0.05) is 60.7 Å². The Morgan fingerprint density at radius 3 is 2.40 bits per heavy atom. The lowest BCUT2D eigenvalue weighted by atomic mass is 10.0. The van der Waals surface area contributed by atoms with Gasteiger partial charge in [0.15, 0.2) is 5.69 Å². The zero-order valence-electron chi connectivity index (χ0n) is 18.4. The lowest BCUT2D eigenvalue weighted by molar-refractivity contribution is -0.384. The zero-order valence-corrected chi connectivity index (χ0v) is 18.4. The SMILES string of the molecule is O=C(N/N=C\c1ccc([N+](=O)[O-])cc1)c1cc(-c2cccc3ccccc23)n(-c2ccccc2)n1. The predicted molar refractivity (Wildman–Crippen MR) is 135 cm³/mol.